The van der Waals surface area contributed by atoms with E-state index in [0.29, 0.717) is 18.0 Å². The Balaban J connectivity index is 1.39. The molecule has 3 aromatic rings. The molecule has 2 fully saturated rings. The molecule has 2 atom stereocenters. The number of halogens is 2. The predicted molar refractivity (Wildman–Crippen MR) is 101 cm³/mol. The van der Waals surface area contributed by atoms with E-state index in [1.807, 2.05) is 13.0 Å². The summed E-state index contributed by atoms with van der Waals surface area (Å²) in [5, 5.41) is 7.47. The maximum atomic E-state index is 13.4. The Morgan fingerprint density at radius 3 is 2.46 bits per heavy atom. The summed E-state index contributed by atoms with van der Waals surface area (Å²) in [6, 6.07) is 10.4. The summed E-state index contributed by atoms with van der Waals surface area (Å²) < 4.78 is 33.8. The number of rotatable bonds is 4. The number of hydrogen-bond acceptors (Lipinski definition) is 5. The van der Waals surface area contributed by atoms with Crippen molar-refractivity contribution in [1.29, 1.82) is 0 Å². The van der Waals surface area contributed by atoms with Gasteiger partial charge < -0.3 is 15.0 Å². The van der Waals surface area contributed by atoms with Gasteiger partial charge in [-0.2, -0.15) is 4.98 Å². The van der Waals surface area contributed by atoms with Crippen LogP contribution in [-0.2, 0) is 4.74 Å². The van der Waals surface area contributed by atoms with E-state index in [1.54, 1.807) is 0 Å². The first-order valence-corrected chi connectivity index (χ1v) is 9.18. The summed E-state index contributed by atoms with van der Waals surface area (Å²) >= 11 is 0. The van der Waals surface area contributed by atoms with Gasteiger partial charge in [-0.05, 0) is 49.2 Å². The highest BCUT2D eigenvalue weighted by Crippen LogP contribution is 2.37. The number of nitrogens with zero attached hydrogens (tertiary/aromatic N) is 4. The fourth-order valence-electron chi connectivity index (χ4n) is 3.99. The molecule has 0 saturated carbocycles. The average molecular weight is 383 g/mol. The summed E-state index contributed by atoms with van der Waals surface area (Å²) in [7, 11) is 0. The molecule has 0 spiro atoms. The SMILES string of the molecule is Cc1cc(Nc2ncn(-c3cc(F)cc(F)c3)n2)cc(N2C3COCC2C3)c1. The van der Waals surface area contributed by atoms with Crippen LogP contribution in [0.25, 0.3) is 5.69 Å². The maximum Gasteiger partial charge on any atom is 0.246 e. The van der Waals surface area contributed by atoms with Crippen molar-refractivity contribution < 1.29 is 13.5 Å². The predicted octanol–water partition coefficient (Wildman–Crippen LogP) is 3.58. The van der Waals surface area contributed by atoms with Crippen molar-refractivity contribution in [3.8, 4) is 5.69 Å². The highest BCUT2D eigenvalue weighted by atomic mass is 19.1. The van der Waals surface area contributed by atoms with Gasteiger partial charge in [0.2, 0.25) is 5.95 Å². The van der Waals surface area contributed by atoms with Gasteiger partial charge in [0.25, 0.3) is 0 Å². The molecule has 2 saturated heterocycles. The number of morpholine rings is 1. The lowest BCUT2D eigenvalue weighted by Gasteiger charge is -2.54. The van der Waals surface area contributed by atoms with Gasteiger partial charge in [0, 0.05) is 17.4 Å². The summed E-state index contributed by atoms with van der Waals surface area (Å²) in [4.78, 5) is 6.61. The number of anilines is 3. The first kappa shape index (κ1) is 17.1. The molecule has 0 radical (unpaired) electrons. The molecule has 144 valence electrons. The lowest BCUT2D eigenvalue weighted by atomic mass is 9.90. The normalized spacial score (nSPS) is 20.8. The molecule has 8 heteroatoms. The Labute approximate surface area is 160 Å². The number of ether oxygens (including phenoxy) is 1. The third-order valence-electron chi connectivity index (χ3n) is 5.17. The molecule has 2 aliphatic rings. The zero-order chi connectivity index (χ0) is 19.3. The van der Waals surface area contributed by atoms with E-state index in [4.69, 9.17) is 4.74 Å². The van der Waals surface area contributed by atoms with E-state index in [0.717, 1.165) is 36.2 Å². The van der Waals surface area contributed by atoms with Crippen LogP contribution in [0.15, 0.2) is 42.7 Å². The Morgan fingerprint density at radius 2 is 1.75 bits per heavy atom. The van der Waals surface area contributed by atoms with Crippen molar-refractivity contribution in [3.05, 3.63) is 59.9 Å². The monoisotopic (exact) mass is 383 g/mol. The van der Waals surface area contributed by atoms with Crippen molar-refractivity contribution in [3.63, 3.8) is 0 Å². The maximum absolute atomic E-state index is 13.4. The number of aryl methyl sites for hydroxylation is 1. The van der Waals surface area contributed by atoms with Crippen LogP contribution >= 0.6 is 0 Å². The van der Waals surface area contributed by atoms with Crippen LogP contribution in [0.2, 0.25) is 0 Å². The molecule has 2 unspecified atom stereocenters. The Bertz CT molecular complexity index is 1000. The zero-order valence-corrected chi connectivity index (χ0v) is 15.3. The van der Waals surface area contributed by atoms with Crippen LogP contribution < -0.4 is 10.2 Å². The standard InChI is InChI=1S/C20H19F2N5O/c1-12-2-15(7-17(3-12)27-18-8-19(27)10-28-9-18)24-20-23-11-26(25-20)16-5-13(21)4-14(22)6-16/h2-7,11,18-19H,8-10H2,1H3,(H,24,25). The molecular weight excluding hydrogens is 364 g/mol. The third kappa shape index (κ3) is 3.09. The third-order valence-corrected chi connectivity index (χ3v) is 5.17. The van der Waals surface area contributed by atoms with Crippen molar-refractivity contribution in [1.82, 2.24) is 14.8 Å². The molecule has 2 aliphatic heterocycles. The van der Waals surface area contributed by atoms with Gasteiger partial charge in [0.1, 0.15) is 18.0 Å². The molecule has 1 N–H and O–H groups in total. The Hall–Kier alpha value is -3.00. The van der Waals surface area contributed by atoms with Gasteiger partial charge in [0.05, 0.1) is 31.0 Å². The summed E-state index contributed by atoms with van der Waals surface area (Å²) in [6.07, 6.45) is 2.59. The second-order valence-corrected chi connectivity index (χ2v) is 7.31. The van der Waals surface area contributed by atoms with Crippen molar-refractivity contribution in [2.24, 2.45) is 0 Å². The largest absolute Gasteiger partial charge is 0.377 e. The van der Waals surface area contributed by atoms with Crippen molar-refractivity contribution in [2.75, 3.05) is 23.4 Å². The van der Waals surface area contributed by atoms with E-state index >= 15 is 0 Å². The van der Waals surface area contributed by atoms with Gasteiger partial charge >= 0.3 is 0 Å². The van der Waals surface area contributed by atoms with E-state index in [-0.39, 0.29) is 5.69 Å². The summed E-state index contributed by atoms with van der Waals surface area (Å²) in [5.74, 6) is -0.965. The topological polar surface area (TPSA) is 55.2 Å². The van der Waals surface area contributed by atoms with Crippen molar-refractivity contribution in [2.45, 2.75) is 25.4 Å². The molecular formula is C20H19F2N5O. The van der Waals surface area contributed by atoms with Crippen molar-refractivity contribution >= 4 is 17.3 Å². The van der Waals surface area contributed by atoms with Gasteiger partial charge in [-0.1, -0.05) is 0 Å². The van der Waals surface area contributed by atoms with Gasteiger partial charge in [-0.25, -0.2) is 13.5 Å². The first-order valence-electron chi connectivity index (χ1n) is 9.18. The van der Waals surface area contributed by atoms with Gasteiger partial charge in [-0.3, -0.25) is 0 Å². The van der Waals surface area contributed by atoms with E-state index in [1.165, 1.54) is 29.6 Å². The van der Waals surface area contributed by atoms with Crippen LogP contribution in [-0.4, -0.2) is 40.1 Å². The highest BCUT2D eigenvalue weighted by Gasteiger charge is 2.42. The molecule has 2 bridgehead atoms. The number of benzene rings is 2. The second kappa shape index (κ2) is 6.56. The molecule has 1 aromatic heterocycles. The minimum atomic E-state index is -0.660. The molecule has 0 aliphatic carbocycles. The quantitative estimate of drug-likeness (QED) is 0.746. The fourth-order valence-corrected chi connectivity index (χ4v) is 3.99. The molecule has 5 rings (SSSR count). The lowest BCUT2D eigenvalue weighted by molar-refractivity contribution is 0.0103. The molecule has 0 amide bonds. The van der Waals surface area contributed by atoms with Crippen LogP contribution in [0, 0.1) is 18.6 Å². The highest BCUT2D eigenvalue weighted by molar-refractivity contribution is 5.65. The van der Waals surface area contributed by atoms with Gasteiger partial charge in [-0.15, -0.1) is 5.10 Å². The smallest absolute Gasteiger partial charge is 0.246 e. The fraction of sp³-hybridized carbons (Fsp3) is 0.300. The second-order valence-electron chi connectivity index (χ2n) is 7.31. The Kier molecular flexibility index (Phi) is 4.01. The molecule has 6 nitrogen and oxygen atoms in total. The minimum Gasteiger partial charge on any atom is -0.377 e. The van der Waals surface area contributed by atoms with E-state index < -0.39 is 11.6 Å². The van der Waals surface area contributed by atoms with Crippen LogP contribution in [0.5, 0.6) is 0 Å². The van der Waals surface area contributed by atoms with Crippen LogP contribution in [0.3, 0.4) is 0 Å². The number of aromatic nitrogens is 3. The summed E-state index contributed by atoms with van der Waals surface area (Å²) in [5.41, 5.74) is 3.41. The lowest BCUT2D eigenvalue weighted by Crippen LogP contribution is -2.64. The minimum absolute atomic E-state index is 0.274. The van der Waals surface area contributed by atoms with E-state index in [2.05, 4.69) is 32.4 Å². The van der Waals surface area contributed by atoms with E-state index in [9.17, 15) is 8.78 Å². The average Bonchev–Trinajstić information content (AvgIpc) is 3.09. The molecule has 28 heavy (non-hydrogen) atoms. The van der Waals surface area contributed by atoms with Crippen LogP contribution in [0.4, 0.5) is 26.1 Å². The Morgan fingerprint density at radius 1 is 1.00 bits per heavy atom. The molecule has 3 heterocycles. The van der Waals surface area contributed by atoms with Crippen LogP contribution in [0.1, 0.15) is 12.0 Å². The first-order chi connectivity index (χ1) is 13.5. The number of hydrogen-bond donors (Lipinski definition) is 1. The van der Waals surface area contributed by atoms with Gasteiger partial charge in [0.15, 0.2) is 0 Å². The zero-order valence-electron chi connectivity index (χ0n) is 15.3. The summed E-state index contributed by atoms with van der Waals surface area (Å²) in [6.45, 7) is 3.58. The number of nitrogens with one attached hydrogen (secondary N) is 1. The number of fused-ring (bicyclic) bond motifs is 2. The molecule has 2 aromatic carbocycles.